The van der Waals surface area contributed by atoms with Crippen LogP contribution < -0.4 is 9.47 Å². The van der Waals surface area contributed by atoms with Crippen molar-refractivity contribution in [2.45, 2.75) is 20.3 Å². The molecule has 2 rings (SSSR count). The van der Waals surface area contributed by atoms with E-state index in [0.29, 0.717) is 27.8 Å². The number of halogens is 1. The molecule has 19 heavy (non-hydrogen) atoms. The summed E-state index contributed by atoms with van der Waals surface area (Å²) in [5.74, 6) is 2.48. The van der Waals surface area contributed by atoms with E-state index in [1.807, 2.05) is 25.1 Å². The summed E-state index contributed by atoms with van der Waals surface area (Å²) in [6, 6.07) is 7.60. The molecule has 0 aliphatic carbocycles. The van der Waals surface area contributed by atoms with Crippen molar-refractivity contribution in [3.63, 3.8) is 0 Å². The molecule has 0 N–H and O–H groups in total. The van der Waals surface area contributed by atoms with Crippen molar-refractivity contribution in [2.24, 2.45) is 0 Å². The highest BCUT2D eigenvalue weighted by Gasteiger charge is 2.08. The number of ether oxygens (including phenoxy) is 2. The van der Waals surface area contributed by atoms with Gasteiger partial charge in [0.25, 0.3) is 0 Å². The normalized spacial score (nSPS) is 10.3. The van der Waals surface area contributed by atoms with E-state index in [0.717, 1.165) is 6.42 Å². The van der Waals surface area contributed by atoms with Crippen LogP contribution in [0.5, 0.6) is 17.4 Å². The van der Waals surface area contributed by atoms with E-state index < -0.39 is 0 Å². The molecule has 0 unspecified atom stereocenters. The third-order valence-corrected chi connectivity index (χ3v) is 3.04. The molecule has 1 aromatic heterocycles. The van der Waals surface area contributed by atoms with E-state index in [9.17, 15) is 0 Å². The van der Waals surface area contributed by atoms with Crippen molar-refractivity contribution in [3.05, 3.63) is 40.3 Å². The van der Waals surface area contributed by atoms with Gasteiger partial charge in [-0.2, -0.15) is 4.98 Å². The Hall–Kier alpha value is -1.62. The molecule has 1 aromatic carbocycles. The molecular formula is C14H15BrN2O2. The molecule has 0 saturated carbocycles. The van der Waals surface area contributed by atoms with Gasteiger partial charge in [0.05, 0.1) is 7.11 Å². The van der Waals surface area contributed by atoms with E-state index in [2.05, 4.69) is 32.8 Å². The monoisotopic (exact) mass is 322 g/mol. The van der Waals surface area contributed by atoms with Crippen LogP contribution in [0.3, 0.4) is 0 Å². The quantitative estimate of drug-likeness (QED) is 0.800. The van der Waals surface area contributed by atoms with Crippen LogP contribution in [0, 0.1) is 6.92 Å². The van der Waals surface area contributed by atoms with Gasteiger partial charge < -0.3 is 9.47 Å². The molecule has 5 heteroatoms. The smallest absolute Gasteiger partial charge is 0.223 e. The Balaban J connectivity index is 2.32. The molecule has 0 amide bonds. The first-order valence-electron chi connectivity index (χ1n) is 5.98. The number of methoxy groups -OCH3 is 1. The van der Waals surface area contributed by atoms with E-state index in [4.69, 9.17) is 9.47 Å². The van der Waals surface area contributed by atoms with Crippen LogP contribution in [0.4, 0.5) is 0 Å². The summed E-state index contributed by atoms with van der Waals surface area (Å²) in [6.07, 6.45) is 0.953. The number of aryl methyl sites for hydroxylation is 2. The average Bonchev–Trinajstić information content (AvgIpc) is 2.38. The van der Waals surface area contributed by atoms with Gasteiger partial charge in [-0.15, -0.1) is 0 Å². The molecule has 100 valence electrons. The number of rotatable bonds is 4. The molecule has 0 radical (unpaired) electrons. The zero-order valence-electron chi connectivity index (χ0n) is 11.1. The third-order valence-electron chi connectivity index (χ3n) is 2.63. The Bertz CT molecular complexity index is 567. The molecule has 0 aliphatic heterocycles. The van der Waals surface area contributed by atoms with Crippen LogP contribution in [0.25, 0.3) is 0 Å². The van der Waals surface area contributed by atoms with Gasteiger partial charge in [-0.3, -0.25) is 0 Å². The second-order valence-corrected chi connectivity index (χ2v) is 4.83. The van der Waals surface area contributed by atoms with Gasteiger partial charge in [0.15, 0.2) is 11.5 Å². The van der Waals surface area contributed by atoms with Crippen LogP contribution in [0.1, 0.15) is 18.3 Å². The summed E-state index contributed by atoms with van der Waals surface area (Å²) in [7, 11) is 1.63. The summed E-state index contributed by atoms with van der Waals surface area (Å²) >= 11 is 3.32. The molecule has 0 fully saturated rings. The minimum Gasteiger partial charge on any atom is -0.493 e. The van der Waals surface area contributed by atoms with Gasteiger partial charge in [-0.05, 0) is 47.0 Å². The van der Waals surface area contributed by atoms with Crippen LogP contribution in [0.15, 0.2) is 28.9 Å². The summed E-state index contributed by atoms with van der Waals surface area (Å²) in [4.78, 5) is 8.37. The molecule has 1 heterocycles. The first-order chi connectivity index (χ1) is 9.12. The van der Waals surface area contributed by atoms with Crippen molar-refractivity contribution in [1.82, 2.24) is 9.97 Å². The fraction of sp³-hybridized carbons (Fsp3) is 0.286. The Kier molecular flexibility index (Phi) is 4.37. The van der Waals surface area contributed by atoms with Crippen molar-refractivity contribution >= 4 is 15.9 Å². The largest absolute Gasteiger partial charge is 0.493 e. The summed E-state index contributed by atoms with van der Waals surface area (Å²) in [5, 5.41) is 0. The van der Waals surface area contributed by atoms with Crippen molar-refractivity contribution in [1.29, 1.82) is 0 Å². The highest BCUT2D eigenvalue weighted by molar-refractivity contribution is 9.10. The lowest BCUT2D eigenvalue weighted by atomic mass is 10.1. The van der Waals surface area contributed by atoms with E-state index >= 15 is 0 Å². The highest BCUT2D eigenvalue weighted by atomic mass is 79.9. The molecule has 0 atom stereocenters. The van der Waals surface area contributed by atoms with Gasteiger partial charge in [-0.1, -0.05) is 13.0 Å². The SMILES string of the molecule is CCc1ccc(Oc2cc(Br)nc(C)n2)c(OC)c1. The number of hydrogen-bond acceptors (Lipinski definition) is 4. The lowest BCUT2D eigenvalue weighted by Gasteiger charge is -2.11. The van der Waals surface area contributed by atoms with Gasteiger partial charge in [0, 0.05) is 6.07 Å². The molecule has 0 saturated heterocycles. The standard InChI is InChI=1S/C14H15BrN2O2/c1-4-10-5-6-11(12(7-10)18-3)19-14-8-13(15)16-9(2)17-14/h5-8H,4H2,1-3H3. The summed E-state index contributed by atoms with van der Waals surface area (Å²) < 4.78 is 11.8. The third kappa shape index (κ3) is 3.44. The second-order valence-electron chi connectivity index (χ2n) is 4.02. The van der Waals surface area contributed by atoms with E-state index in [1.165, 1.54) is 5.56 Å². The fourth-order valence-corrected chi connectivity index (χ4v) is 2.14. The Morgan fingerprint density at radius 2 is 1.95 bits per heavy atom. The zero-order chi connectivity index (χ0) is 13.8. The predicted molar refractivity (Wildman–Crippen MR) is 76.9 cm³/mol. The van der Waals surface area contributed by atoms with E-state index in [1.54, 1.807) is 13.2 Å². The van der Waals surface area contributed by atoms with Crippen molar-refractivity contribution in [3.8, 4) is 17.4 Å². The fourth-order valence-electron chi connectivity index (χ4n) is 1.69. The highest BCUT2D eigenvalue weighted by Crippen LogP contribution is 2.32. The van der Waals surface area contributed by atoms with Crippen molar-refractivity contribution in [2.75, 3.05) is 7.11 Å². The maximum absolute atomic E-state index is 5.76. The topological polar surface area (TPSA) is 44.2 Å². The van der Waals surface area contributed by atoms with E-state index in [-0.39, 0.29) is 0 Å². The second kappa shape index (κ2) is 6.02. The maximum Gasteiger partial charge on any atom is 0.223 e. The van der Waals surface area contributed by atoms with Gasteiger partial charge >= 0.3 is 0 Å². The minimum atomic E-state index is 0.488. The van der Waals surface area contributed by atoms with Gasteiger partial charge in [-0.25, -0.2) is 4.98 Å². The number of benzene rings is 1. The Morgan fingerprint density at radius 3 is 2.58 bits per heavy atom. The number of hydrogen-bond donors (Lipinski definition) is 0. The van der Waals surface area contributed by atoms with Gasteiger partial charge in [0.1, 0.15) is 10.4 Å². The first-order valence-corrected chi connectivity index (χ1v) is 6.77. The van der Waals surface area contributed by atoms with Crippen LogP contribution in [0.2, 0.25) is 0 Å². The molecule has 0 bridgehead atoms. The lowest BCUT2D eigenvalue weighted by molar-refractivity contribution is 0.373. The predicted octanol–water partition coefficient (Wildman–Crippen LogP) is 3.91. The molecule has 2 aromatic rings. The number of aromatic nitrogens is 2. The number of nitrogens with zero attached hydrogens (tertiary/aromatic N) is 2. The van der Waals surface area contributed by atoms with Crippen molar-refractivity contribution < 1.29 is 9.47 Å². The molecule has 0 spiro atoms. The first kappa shape index (κ1) is 13.8. The Morgan fingerprint density at radius 1 is 1.16 bits per heavy atom. The van der Waals surface area contributed by atoms with Crippen LogP contribution >= 0.6 is 15.9 Å². The average molecular weight is 323 g/mol. The maximum atomic E-state index is 5.76. The Labute approximate surface area is 120 Å². The summed E-state index contributed by atoms with van der Waals surface area (Å²) in [6.45, 7) is 3.91. The molecule has 0 aliphatic rings. The van der Waals surface area contributed by atoms with Gasteiger partial charge in [0.2, 0.25) is 5.88 Å². The summed E-state index contributed by atoms with van der Waals surface area (Å²) in [5.41, 5.74) is 1.20. The lowest BCUT2D eigenvalue weighted by Crippen LogP contribution is -1.96. The molecular weight excluding hydrogens is 308 g/mol. The zero-order valence-corrected chi connectivity index (χ0v) is 12.7. The van der Waals surface area contributed by atoms with Crippen LogP contribution in [-0.2, 0) is 6.42 Å². The molecule has 4 nitrogen and oxygen atoms in total. The van der Waals surface area contributed by atoms with Crippen LogP contribution in [-0.4, -0.2) is 17.1 Å². The minimum absolute atomic E-state index is 0.488.